The molecule has 3 nitrogen and oxygen atoms in total. The number of rotatable bonds is 5. The SMILES string of the molecule is COc1ccc(CCN2CCN(c3ccc(Cl)c(C)c3)CC2)c(C)c1C. The van der Waals surface area contributed by atoms with Crippen molar-refractivity contribution in [1.29, 1.82) is 0 Å². The second-order valence-corrected chi connectivity index (χ2v) is 7.60. The van der Waals surface area contributed by atoms with Gasteiger partial charge in [0.15, 0.2) is 0 Å². The molecule has 1 aliphatic rings. The molecular weight excluding hydrogens is 344 g/mol. The summed E-state index contributed by atoms with van der Waals surface area (Å²) in [6.45, 7) is 11.9. The Balaban J connectivity index is 1.54. The first-order valence-electron chi connectivity index (χ1n) is 9.36. The Morgan fingerprint density at radius 3 is 2.35 bits per heavy atom. The zero-order valence-electron chi connectivity index (χ0n) is 16.3. The largest absolute Gasteiger partial charge is 0.496 e. The van der Waals surface area contributed by atoms with Crippen molar-refractivity contribution in [2.24, 2.45) is 0 Å². The van der Waals surface area contributed by atoms with E-state index in [-0.39, 0.29) is 0 Å². The Morgan fingerprint density at radius 1 is 0.962 bits per heavy atom. The lowest BCUT2D eigenvalue weighted by Gasteiger charge is -2.36. The van der Waals surface area contributed by atoms with Crippen LogP contribution in [0.2, 0.25) is 5.02 Å². The number of methoxy groups -OCH3 is 1. The Kier molecular flexibility index (Phi) is 6.10. The molecule has 0 unspecified atom stereocenters. The predicted molar refractivity (Wildman–Crippen MR) is 111 cm³/mol. The van der Waals surface area contributed by atoms with Gasteiger partial charge in [0.05, 0.1) is 7.11 Å². The minimum Gasteiger partial charge on any atom is -0.496 e. The lowest BCUT2D eigenvalue weighted by atomic mass is 9.99. The van der Waals surface area contributed by atoms with Crippen LogP contribution in [0.15, 0.2) is 30.3 Å². The molecule has 0 aromatic heterocycles. The quantitative estimate of drug-likeness (QED) is 0.760. The zero-order valence-corrected chi connectivity index (χ0v) is 17.1. The van der Waals surface area contributed by atoms with Crippen molar-refractivity contribution in [3.05, 3.63) is 57.6 Å². The molecule has 0 atom stereocenters. The van der Waals surface area contributed by atoms with Gasteiger partial charge in [-0.2, -0.15) is 0 Å². The van der Waals surface area contributed by atoms with Crippen molar-refractivity contribution in [3.8, 4) is 5.75 Å². The number of halogens is 1. The van der Waals surface area contributed by atoms with E-state index in [0.717, 1.165) is 55.5 Å². The molecule has 0 aliphatic carbocycles. The van der Waals surface area contributed by atoms with Crippen molar-refractivity contribution in [2.75, 3.05) is 44.7 Å². The van der Waals surface area contributed by atoms with Crippen LogP contribution in [0.4, 0.5) is 5.69 Å². The second-order valence-electron chi connectivity index (χ2n) is 7.19. The molecule has 0 bridgehead atoms. The molecule has 0 radical (unpaired) electrons. The number of ether oxygens (including phenoxy) is 1. The Labute approximate surface area is 162 Å². The molecule has 4 heteroatoms. The van der Waals surface area contributed by atoms with Crippen LogP contribution < -0.4 is 9.64 Å². The summed E-state index contributed by atoms with van der Waals surface area (Å²) in [4.78, 5) is 5.03. The van der Waals surface area contributed by atoms with Crippen molar-refractivity contribution < 1.29 is 4.74 Å². The highest BCUT2D eigenvalue weighted by molar-refractivity contribution is 6.31. The molecule has 2 aromatic rings. The van der Waals surface area contributed by atoms with Crippen molar-refractivity contribution in [1.82, 2.24) is 4.90 Å². The van der Waals surface area contributed by atoms with Gasteiger partial charge in [-0.05, 0) is 73.7 Å². The molecule has 140 valence electrons. The first kappa shape index (κ1) is 19.1. The molecule has 0 spiro atoms. The van der Waals surface area contributed by atoms with E-state index in [2.05, 4.69) is 54.8 Å². The number of anilines is 1. The molecular formula is C22H29ClN2O. The summed E-state index contributed by atoms with van der Waals surface area (Å²) < 4.78 is 5.42. The third-order valence-electron chi connectivity index (χ3n) is 5.65. The monoisotopic (exact) mass is 372 g/mol. The maximum absolute atomic E-state index is 6.15. The Morgan fingerprint density at radius 2 is 1.69 bits per heavy atom. The minimum absolute atomic E-state index is 0.845. The molecule has 1 fully saturated rings. The van der Waals surface area contributed by atoms with Gasteiger partial charge >= 0.3 is 0 Å². The molecule has 0 N–H and O–H groups in total. The van der Waals surface area contributed by atoms with E-state index in [1.165, 1.54) is 22.4 Å². The molecule has 3 rings (SSSR count). The van der Waals surface area contributed by atoms with Crippen LogP contribution >= 0.6 is 11.6 Å². The molecule has 2 aromatic carbocycles. The zero-order chi connectivity index (χ0) is 18.7. The van der Waals surface area contributed by atoms with Gasteiger partial charge in [-0.25, -0.2) is 0 Å². The fraction of sp³-hybridized carbons (Fsp3) is 0.455. The molecule has 0 amide bonds. The maximum Gasteiger partial charge on any atom is 0.122 e. The highest BCUT2D eigenvalue weighted by atomic mass is 35.5. The van der Waals surface area contributed by atoms with Crippen LogP contribution in [0.25, 0.3) is 0 Å². The summed E-state index contributed by atoms with van der Waals surface area (Å²) in [5.41, 5.74) is 6.48. The number of nitrogens with zero attached hydrogens (tertiary/aromatic N) is 2. The molecule has 1 aliphatic heterocycles. The average molecular weight is 373 g/mol. The summed E-state index contributed by atoms with van der Waals surface area (Å²) >= 11 is 6.15. The molecule has 0 saturated carbocycles. The van der Waals surface area contributed by atoms with Crippen LogP contribution in [0.1, 0.15) is 22.3 Å². The molecule has 1 heterocycles. The van der Waals surface area contributed by atoms with Crippen molar-refractivity contribution in [3.63, 3.8) is 0 Å². The van der Waals surface area contributed by atoms with E-state index in [1.54, 1.807) is 7.11 Å². The van der Waals surface area contributed by atoms with E-state index in [0.29, 0.717) is 0 Å². The van der Waals surface area contributed by atoms with E-state index >= 15 is 0 Å². The summed E-state index contributed by atoms with van der Waals surface area (Å²) in [7, 11) is 1.74. The van der Waals surface area contributed by atoms with Gasteiger partial charge in [-0.3, -0.25) is 4.90 Å². The maximum atomic E-state index is 6.15. The lowest BCUT2D eigenvalue weighted by Crippen LogP contribution is -2.47. The van der Waals surface area contributed by atoms with Crippen LogP contribution in [0, 0.1) is 20.8 Å². The van der Waals surface area contributed by atoms with Crippen LogP contribution in [0.5, 0.6) is 5.75 Å². The Bertz CT molecular complexity index is 767. The first-order valence-corrected chi connectivity index (χ1v) is 9.74. The van der Waals surface area contributed by atoms with Crippen LogP contribution in [-0.4, -0.2) is 44.7 Å². The third-order valence-corrected chi connectivity index (χ3v) is 6.07. The van der Waals surface area contributed by atoms with Gasteiger partial charge in [0.1, 0.15) is 5.75 Å². The Hall–Kier alpha value is -1.71. The van der Waals surface area contributed by atoms with Crippen molar-refractivity contribution >= 4 is 17.3 Å². The number of piperazine rings is 1. The summed E-state index contributed by atoms with van der Waals surface area (Å²) in [6, 6.07) is 10.6. The first-order chi connectivity index (χ1) is 12.5. The summed E-state index contributed by atoms with van der Waals surface area (Å²) in [5.74, 6) is 0.984. The van der Waals surface area contributed by atoms with Gasteiger partial charge in [0.2, 0.25) is 0 Å². The van der Waals surface area contributed by atoms with Gasteiger partial charge in [-0.1, -0.05) is 17.7 Å². The molecule has 26 heavy (non-hydrogen) atoms. The van der Waals surface area contributed by atoms with Crippen molar-refractivity contribution in [2.45, 2.75) is 27.2 Å². The summed E-state index contributed by atoms with van der Waals surface area (Å²) in [5, 5.41) is 0.845. The van der Waals surface area contributed by atoms with Crippen LogP contribution in [-0.2, 0) is 6.42 Å². The van der Waals surface area contributed by atoms with Crippen LogP contribution in [0.3, 0.4) is 0 Å². The van der Waals surface area contributed by atoms with Gasteiger partial charge < -0.3 is 9.64 Å². The fourth-order valence-corrected chi connectivity index (χ4v) is 3.80. The van der Waals surface area contributed by atoms with Gasteiger partial charge in [0, 0.05) is 43.4 Å². The second kappa shape index (κ2) is 8.32. The number of aryl methyl sites for hydroxylation is 1. The highest BCUT2D eigenvalue weighted by Crippen LogP contribution is 2.25. The molecule has 1 saturated heterocycles. The highest BCUT2D eigenvalue weighted by Gasteiger charge is 2.18. The van der Waals surface area contributed by atoms with E-state index in [4.69, 9.17) is 16.3 Å². The lowest BCUT2D eigenvalue weighted by molar-refractivity contribution is 0.261. The standard InChI is InChI=1S/C22H29ClN2O/c1-16-15-20(6-7-21(16)23)25-13-11-24(12-14-25)10-9-19-5-8-22(26-4)18(3)17(19)2/h5-8,15H,9-14H2,1-4H3. The van der Waals surface area contributed by atoms with E-state index < -0.39 is 0 Å². The predicted octanol–water partition coefficient (Wildman–Crippen LogP) is 4.64. The van der Waals surface area contributed by atoms with Gasteiger partial charge in [-0.15, -0.1) is 0 Å². The van der Waals surface area contributed by atoms with E-state index in [1.807, 2.05) is 6.07 Å². The number of hydrogen-bond acceptors (Lipinski definition) is 3. The topological polar surface area (TPSA) is 15.7 Å². The minimum atomic E-state index is 0.845. The summed E-state index contributed by atoms with van der Waals surface area (Å²) in [6.07, 6.45) is 1.09. The average Bonchev–Trinajstić information content (AvgIpc) is 2.66. The van der Waals surface area contributed by atoms with Gasteiger partial charge in [0.25, 0.3) is 0 Å². The van der Waals surface area contributed by atoms with E-state index in [9.17, 15) is 0 Å². The fourth-order valence-electron chi connectivity index (χ4n) is 3.68. The smallest absolute Gasteiger partial charge is 0.122 e. The normalized spacial score (nSPS) is 15.3. The third kappa shape index (κ3) is 4.16. The number of benzene rings is 2. The number of hydrogen-bond donors (Lipinski definition) is 0.